The first-order chi connectivity index (χ1) is 16.7. The lowest BCUT2D eigenvalue weighted by Crippen LogP contribution is -2.35. The zero-order chi connectivity index (χ0) is 25.2. The molecule has 0 aliphatic carbocycles. The predicted molar refractivity (Wildman–Crippen MR) is 132 cm³/mol. The van der Waals surface area contributed by atoms with Crippen LogP contribution < -0.4 is 10.2 Å². The Labute approximate surface area is 203 Å². The van der Waals surface area contributed by atoms with Crippen LogP contribution in [0, 0.1) is 10.1 Å². The van der Waals surface area contributed by atoms with E-state index < -0.39 is 20.9 Å². The highest BCUT2D eigenvalue weighted by Gasteiger charge is 2.27. The largest absolute Gasteiger partial charge is 0.376 e. The number of hydrogen-bond acceptors (Lipinski definition) is 7. The molecule has 2 aromatic carbocycles. The van der Waals surface area contributed by atoms with Crippen LogP contribution in [0.5, 0.6) is 0 Å². The molecule has 1 amide bonds. The van der Waals surface area contributed by atoms with Gasteiger partial charge in [-0.1, -0.05) is 6.42 Å². The molecule has 0 radical (unpaired) electrons. The van der Waals surface area contributed by atoms with Gasteiger partial charge in [-0.05, 0) is 49.2 Å². The van der Waals surface area contributed by atoms with Gasteiger partial charge in [-0.3, -0.25) is 14.9 Å². The van der Waals surface area contributed by atoms with Crippen molar-refractivity contribution in [3.8, 4) is 5.69 Å². The van der Waals surface area contributed by atoms with Gasteiger partial charge in [0.25, 0.3) is 11.6 Å². The van der Waals surface area contributed by atoms with E-state index in [4.69, 9.17) is 0 Å². The fourth-order valence-corrected chi connectivity index (χ4v) is 5.47. The van der Waals surface area contributed by atoms with Crippen molar-refractivity contribution in [2.24, 2.45) is 0 Å². The average molecular weight is 499 g/mol. The molecule has 1 fully saturated rings. The molecule has 4 rings (SSSR count). The Morgan fingerprint density at radius 2 is 1.74 bits per heavy atom. The van der Waals surface area contributed by atoms with Crippen molar-refractivity contribution >= 4 is 33.0 Å². The van der Waals surface area contributed by atoms with Gasteiger partial charge in [-0.25, -0.2) is 13.1 Å². The summed E-state index contributed by atoms with van der Waals surface area (Å²) in [7, 11) is -0.0757. The Balaban J connectivity index is 1.59. The minimum Gasteiger partial charge on any atom is -0.376 e. The molecule has 0 atom stereocenters. The number of nitrogens with one attached hydrogen (secondary N) is 1. The summed E-state index contributed by atoms with van der Waals surface area (Å²) >= 11 is 0. The highest BCUT2D eigenvalue weighted by atomic mass is 32.2. The zero-order valence-electron chi connectivity index (χ0n) is 19.4. The molecule has 0 bridgehead atoms. The summed E-state index contributed by atoms with van der Waals surface area (Å²) in [5.74, 6) is -0.513. The number of nitro groups is 1. The van der Waals surface area contributed by atoms with E-state index in [-0.39, 0.29) is 16.3 Å². The molecule has 1 aromatic heterocycles. The molecule has 184 valence electrons. The summed E-state index contributed by atoms with van der Waals surface area (Å²) in [6.45, 7) is 0.971. The third-order valence-corrected chi connectivity index (χ3v) is 7.69. The summed E-state index contributed by atoms with van der Waals surface area (Å²) in [4.78, 5) is 25.2. The van der Waals surface area contributed by atoms with Gasteiger partial charge in [0, 0.05) is 45.5 Å². The maximum absolute atomic E-state index is 13.1. The van der Waals surface area contributed by atoms with Crippen molar-refractivity contribution in [3.05, 3.63) is 70.5 Å². The minimum absolute atomic E-state index is 0.0468. The third-order valence-electron chi connectivity index (χ3n) is 5.80. The number of anilines is 2. The van der Waals surface area contributed by atoms with E-state index in [0.29, 0.717) is 30.2 Å². The molecule has 1 saturated heterocycles. The molecule has 11 nitrogen and oxygen atoms in total. The third kappa shape index (κ3) is 5.17. The standard InChI is InChI=1S/C23H26N6O5S/c1-26(2)22-11-10-19(35(33,34)27-13-4-3-5-14-27)16-21(22)24-23(30)20-12-15-28(25-20)17-6-8-18(9-7-17)29(31)32/h6-12,15-16H,3-5,13-14H2,1-2H3,(H,24,30). The van der Waals surface area contributed by atoms with E-state index in [1.807, 2.05) is 0 Å². The Morgan fingerprint density at radius 1 is 1.06 bits per heavy atom. The summed E-state index contributed by atoms with van der Waals surface area (Å²) in [5, 5.41) is 17.9. The number of hydrogen-bond donors (Lipinski definition) is 1. The van der Waals surface area contributed by atoms with Gasteiger partial charge in [-0.15, -0.1) is 0 Å². The minimum atomic E-state index is -3.67. The number of benzene rings is 2. The van der Waals surface area contributed by atoms with Crippen LogP contribution in [0.4, 0.5) is 17.1 Å². The maximum atomic E-state index is 13.1. The SMILES string of the molecule is CN(C)c1ccc(S(=O)(=O)N2CCCCC2)cc1NC(=O)c1ccn(-c2ccc([N+](=O)[O-])cc2)n1. The molecular weight excluding hydrogens is 472 g/mol. The highest BCUT2D eigenvalue weighted by Crippen LogP contribution is 2.30. The summed E-state index contributed by atoms with van der Waals surface area (Å²) in [5.41, 5.74) is 1.61. The quantitative estimate of drug-likeness (QED) is 0.391. The number of rotatable bonds is 7. The number of non-ortho nitro benzene ring substituents is 1. The number of carbonyl (C=O) groups is 1. The molecular formula is C23H26N6O5S. The molecule has 3 aromatic rings. The van der Waals surface area contributed by atoms with Crippen LogP contribution in [0.2, 0.25) is 0 Å². The van der Waals surface area contributed by atoms with Gasteiger partial charge in [0.15, 0.2) is 5.69 Å². The van der Waals surface area contributed by atoms with Gasteiger partial charge >= 0.3 is 0 Å². The second-order valence-corrected chi connectivity index (χ2v) is 10.3. The van der Waals surface area contributed by atoms with Crippen LogP contribution in [0.1, 0.15) is 29.8 Å². The van der Waals surface area contributed by atoms with Crippen LogP contribution in [0.25, 0.3) is 5.69 Å². The van der Waals surface area contributed by atoms with Gasteiger partial charge in [0.2, 0.25) is 10.0 Å². The van der Waals surface area contributed by atoms with Gasteiger partial charge in [0.1, 0.15) is 0 Å². The molecule has 0 saturated carbocycles. The van der Waals surface area contributed by atoms with Crippen molar-refractivity contribution in [3.63, 3.8) is 0 Å². The first kappa shape index (κ1) is 24.4. The second-order valence-electron chi connectivity index (χ2n) is 8.41. The molecule has 1 aliphatic rings. The lowest BCUT2D eigenvalue weighted by atomic mass is 10.2. The number of nitrogens with zero attached hydrogens (tertiary/aromatic N) is 5. The Kier molecular flexibility index (Phi) is 6.85. The predicted octanol–water partition coefficient (Wildman–Crippen LogP) is 3.27. The number of nitro benzene ring substituents is 1. The van der Waals surface area contributed by atoms with Crippen molar-refractivity contribution in [1.82, 2.24) is 14.1 Å². The molecule has 0 unspecified atom stereocenters. The fraction of sp³-hybridized carbons (Fsp3) is 0.304. The second kappa shape index (κ2) is 9.84. The molecule has 1 aliphatic heterocycles. The van der Waals surface area contributed by atoms with E-state index in [0.717, 1.165) is 19.3 Å². The van der Waals surface area contributed by atoms with Crippen molar-refractivity contribution in [1.29, 1.82) is 0 Å². The average Bonchev–Trinajstić information content (AvgIpc) is 3.35. The van der Waals surface area contributed by atoms with E-state index >= 15 is 0 Å². The van der Waals surface area contributed by atoms with E-state index in [9.17, 15) is 23.3 Å². The lowest BCUT2D eigenvalue weighted by Gasteiger charge is -2.26. The van der Waals surface area contributed by atoms with Gasteiger partial charge in [-0.2, -0.15) is 9.40 Å². The first-order valence-corrected chi connectivity index (χ1v) is 12.5. The van der Waals surface area contributed by atoms with Crippen LogP contribution in [-0.2, 0) is 10.0 Å². The highest BCUT2D eigenvalue weighted by molar-refractivity contribution is 7.89. The zero-order valence-corrected chi connectivity index (χ0v) is 20.2. The first-order valence-electron chi connectivity index (χ1n) is 11.1. The van der Waals surface area contributed by atoms with Crippen LogP contribution in [0.15, 0.2) is 59.6 Å². The molecule has 1 N–H and O–H groups in total. The molecule has 35 heavy (non-hydrogen) atoms. The van der Waals surface area contributed by atoms with Crippen LogP contribution >= 0.6 is 0 Å². The monoisotopic (exact) mass is 498 g/mol. The number of piperidine rings is 1. The Hall–Kier alpha value is -3.77. The summed E-state index contributed by atoms with van der Waals surface area (Å²) < 4.78 is 29.2. The van der Waals surface area contributed by atoms with Crippen molar-refractivity contribution in [2.75, 3.05) is 37.4 Å². The van der Waals surface area contributed by atoms with E-state index in [1.165, 1.54) is 45.4 Å². The summed E-state index contributed by atoms with van der Waals surface area (Å²) in [6.07, 6.45) is 4.24. The Bertz CT molecular complexity index is 1340. The molecule has 0 spiro atoms. The molecule has 12 heteroatoms. The fourth-order valence-electron chi connectivity index (χ4n) is 3.92. The van der Waals surface area contributed by atoms with E-state index in [1.54, 1.807) is 37.3 Å². The topological polar surface area (TPSA) is 131 Å². The maximum Gasteiger partial charge on any atom is 0.276 e. The number of amides is 1. The van der Waals surface area contributed by atoms with Crippen molar-refractivity contribution < 1.29 is 18.1 Å². The van der Waals surface area contributed by atoms with Gasteiger partial charge in [0.05, 0.1) is 26.9 Å². The smallest absolute Gasteiger partial charge is 0.276 e. The Morgan fingerprint density at radius 3 is 2.37 bits per heavy atom. The molecule has 2 heterocycles. The number of aromatic nitrogens is 2. The number of carbonyl (C=O) groups excluding carboxylic acids is 1. The van der Waals surface area contributed by atoms with Crippen LogP contribution in [-0.4, -0.2) is 60.5 Å². The van der Waals surface area contributed by atoms with Crippen LogP contribution in [0.3, 0.4) is 0 Å². The summed E-state index contributed by atoms with van der Waals surface area (Å²) in [6, 6.07) is 12.0. The van der Waals surface area contributed by atoms with E-state index in [2.05, 4.69) is 10.4 Å². The number of sulfonamides is 1. The normalized spacial score (nSPS) is 14.5. The van der Waals surface area contributed by atoms with Gasteiger partial charge < -0.3 is 10.2 Å². The lowest BCUT2D eigenvalue weighted by molar-refractivity contribution is -0.384. The van der Waals surface area contributed by atoms with Crippen molar-refractivity contribution in [2.45, 2.75) is 24.2 Å².